The van der Waals surface area contributed by atoms with Crippen LogP contribution >= 0.6 is 23.2 Å². The molecular weight excluding hydrogens is 468 g/mol. The summed E-state index contributed by atoms with van der Waals surface area (Å²) >= 11 is 12.2. The van der Waals surface area contributed by atoms with Gasteiger partial charge in [0, 0.05) is 50.4 Å². The van der Waals surface area contributed by atoms with Gasteiger partial charge in [0.15, 0.2) is 0 Å². The lowest BCUT2D eigenvalue weighted by molar-refractivity contribution is -0.137. The predicted octanol–water partition coefficient (Wildman–Crippen LogP) is 4.50. The van der Waals surface area contributed by atoms with Crippen LogP contribution in [0, 0.1) is 0 Å². The molecule has 2 aliphatic heterocycles. The summed E-state index contributed by atoms with van der Waals surface area (Å²) in [6.45, 7) is 1.90. The third kappa shape index (κ3) is 4.49. The Bertz CT molecular complexity index is 1060. The highest BCUT2D eigenvalue weighted by atomic mass is 35.5. The standard InChI is InChI=1S/C21H19Cl2F3N4O2/c22-14-3-4-15(17(11-14)30-5-1-2-18(30)31)20(32)29-8-6-28(7-9-29)19-16(23)10-13(12-27-19)21(24,25)26/h3-4,10-12H,1-2,5-9H2. The predicted molar refractivity (Wildman–Crippen MR) is 115 cm³/mol. The second-order valence-corrected chi connectivity index (χ2v) is 8.46. The van der Waals surface area contributed by atoms with Gasteiger partial charge in [0.05, 0.1) is 21.8 Å². The van der Waals surface area contributed by atoms with Gasteiger partial charge in [-0.15, -0.1) is 0 Å². The molecule has 170 valence electrons. The summed E-state index contributed by atoms with van der Waals surface area (Å²) in [5.74, 6) is -0.0294. The molecule has 0 N–H and O–H groups in total. The molecule has 0 atom stereocenters. The summed E-state index contributed by atoms with van der Waals surface area (Å²) in [5.41, 5.74) is -0.0181. The van der Waals surface area contributed by atoms with Crippen molar-refractivity contribution in [2.24, 2.45) is 0 Å². The van der Waals surface area contributed by atoms with Crippen molar-refractivity contribution < 1.29 is 22.8 Å². The Hall–Kier alpha value is -2.52. The number of amides is 2. The van der Waals surface area contributed by atoms with Crippen LogP contribution in [0.2, 0.25) is 10.0 Å². The molecule has 2 fully saturated rings. The Morgan fingerprint density at radius 3 is 2.34 bits per heavy atom. The zero-order valence-electron chi connectivity index (χ0n) is 16.8. The smallest absolute Gasteiger partial charge is 0.352 e. The van der Waals surface area contributed by atoms with E-state index in [2.05, 4.69) is 4.98 Å². The number of nitrogens with zero attached hydrogens (tertiary/aromatic N) is 4. The van der Waals surface area contributed by atoms with E-state index in [-0.39, 0.29) is 22.7 Å². The zero-order valence-corrected chi connectivity index (χ0v) is 18.3. The Balaban J connectivity index is 1.49. The molecule has 2 aliphatic rings. The van der Waals surface area contributed by atoms with Crippen LogP contribution in [0.15, 0.2) is 30.5 Å². The van der Waals surface area contributed by atoms with Crippen molar-refractivity contribution in [3.8, 4) is 0 Å². The number of anilines is 2. The van der Waals surface area contributed by atoms with Crippen LogP contribution in [0.4, 0.5) is 24.7 Å². The van der Waals surface area contributed by atoms with E-state index >= 15 is 0 Å². The lowest BCUT2D eigenvalue weighted by atomic mass is 10.1. The molecule has 0 radical (unpaired) electrons. The van der Waals surface area contributed by atoms with Crippen LogP contribution in [0.5, 0.6) is 0 Å². The topological polar surface area (TPSA) is 56.8 Å². The molecule has 1 aromatic carbocycles. The fourth-order valence-electron chi connectivity index (χ4n) is 3.92. The Morgan fingerprint density at radius 2 is 1.75 bits per heavy atom. The Morgan fingerprint density at radius 1 is 1.03 bits per heavy atom. The molecule has 3 heterocycles. The minimum atomic E-state index is -4.52. The highest BCUT2D eigenvalue weighted by Crippen LogP contribution is 2.34. The van der Waals surface area contributed by atoms with Gasteiger partial charge in [-0.25, -0.2) is 4.98 Å². The third-order valence-electron chi connectivity index (χ3n) is 5.57. The molecule has 0 spiro atoms. The largest absolute Gasteiger partial charge is 0.417 e. The van der Waals surface area contributed by atoms with Gasteiger partial charge in [-0.1, -0.05) is 23.2 Å². The van der Waals surface area contributed by atoms with Crippen LogP contribution in [-0.2, 0) is 11.0 Å². The first-order valence-electron chi connectivity index (χ1n) is 10.0. The molecule has 2 saturated heterocycles. The SMILES string of the molecule is O=C(c1ccc(Cl)cc1N1CCCC1=O)N1CCN(c2ncc(C(F)(F)F)cc2Cl)CC1. The Kier molecular flexibility index (Phi) is 6.22. The van der Waals surface area contributed by atoms with Crippen LogP contribution < -0.4 is 9.80 Å². The minimum absolute atomic E-state index is 0.0471. The molecular formula is C21H19Cl2F3N4O2. The molecule has 0 bridgehead atoms. The van der Waals surface area contributed by atoms with Crippen molar-refractivity contribution in [3.05, 3.63) is 51.6 Å². The van der Waals surface area contributed by atoms with E-state index in [1.165, 1.54) is 0 Å². The van der Waals surface area contributed by atoms with Crippen molar-refractivity contribution in [1.29, 1.82) is 0 Å². The summed E-state index contributed by atoms with van der Waals surface area (Å²) in [7, 11) is 0. The van der Waals surface area contributed by atoms with Gasteiger partial charge in [-0.3, -0.25) is 9.59 Å². The van der Waals surface area contributed by atoms with E-state index in [1.807, 2.05) is 0 Å². The first-order chi connectivity index (χ1) is 15.1. The number of aromatic nitrogens is 1. The van der Waals surface area contributed by atoms with Crippen molar-refractivity contribution in [2.45, 2.75) is 19.0 Å². The van der Waals surface area contributed by atoms with Crippen molar-refractivity contribution in [1.82, 2.24) is 9.88 Å². The van der Waals surface area contributed by atoms with Crippen LogP contribution in [-0.4, -0.2) is 54.4 Å². The number of carbonyl (C=O) groups excluding carboxylic acids is 2. The fourth-order valence-corrected chi connectivity index (χ4v) is 4.37. The third-order valence-corrected chi connectivity index (χ3v) is 6.08. The van der Waals surface area contributed by atoms with E-state index in [0.29, 0.717) is 55.4 Å². The van der Waals surface area contributed by atoms with Gasteiger partial charge < -0.3 is 14.7 Å². The minimum Gasteiger partial charge on any atom is -0.352 e. The zero-order chi connectivity index (χ0) is 23.0. The molecule has 2 amide bonds. The molecule has 32 heavy (non-hydrogen) atoms. The second kappa shape index (κ2) is 8.78. The average Bonchev–Trinajstić information content (AvgIpc) is 3.18. The molecule has 4 rings (SSSR count). The summed E-state index contributed by atoms with van der Waals surface area (Å²) < 4.78 is 38.5. The molecule has 0 saturated carbocycles. The summed E-state index contributed by atoms with van der Waals surface area (Å²) in [6.07, 6.45) is -2.61. The van der Waals surface area contributed by atoms with Gasteiger partial charge in [0.25, 0.3) is 5.91 Å². The highest BCUT2D eigenvalue weighted by Gasteiger charge is 2.33. The van der Waals surface area contributed by atoms with E-state index < -0.39 is 11.7 Å². The highest BCUT2D eigenvalue weighted by molar-refractivity contribution is 6.33. The molecule has 11 heteroatoms. The molecule has 0 aliphatic carbocycles. The van der Waals surface area contributed by atoms with E-state index in [0.717, 1.165) is 18.7 Å². The maximum Gasteiger partial charge on any atom is 0.417 e. The maximum absolute atomic E-state index is 13.2. The van der Waals surface area contributed by atoms with Crippen LogP contribution in [0.25, 0.3) is 0 Å². The number of hydrogen-bond acceptors (Lipinski definition) is 4. The number of alkyl halides is 3. The summed E-state index contributed by atoms with van der Waals surface area (Å²) in [4.78, 5) is 34.3. The van der Waals surface area contributed by atoms with Crippen molar-refractivity contribution in [2.75, 3.05) is 42.5 Å². The van der Waals surface area contributed by atoms with E-state index in [9.17, 15) is 22.8 Å². The monoisotopic (exact) mass is 486 g/mol. The van der Waals surface area contributed by atoms with Gasteiger partial charge in [-0.05, 0) is 30.7 Å². The van der Waals surface area contributed by atoms with Gasteiger partial charge in [-0.2, -0.15) is 13.2 Å². The number of carbonyl (C=O) groups is 2. The number of rotatable bonds is 3. The van der Waals surface area contributed by atoms with Crippen molar-refractivity contribution >= 4 is 46.5 Å². The number of piperazine rings is 1. The van der Waals surface area contributed by atoms with Gasteiger partial charge in [0.2, 0.25) is 5.91 Å². The molecule has 1 aromatic heterocycles. The van der Waals surface area contributed by atoms with Gasteiger partial charge in [0.1, 0.15) is 5.82 Å². The second-order valence-electron chi connectivity index (χ2n) is 7.62. The molecule has 6 nitrogen and oxygen atoms in total. The van der Waals surface area contributed by atoms with Crippen molar-refractivity contribution in [3.63, 3.8) is 0 Å². The molecule has 0 unspecified atom stereocenters. The number of pyridine rings is 1. The normalized spacial score (nSPS) is 17.3. The van der Waals surface area contributed by atoms with E-state index in [1.54, 1.807) is 32.9 Å². The van der Waals surface area contributed by atoms with Crippen LogP contribution in [0.1, 0.15) is 28.8 Å². The van der Waals surface area contributed by atoms with Gasteiger partial charge >= 0.3 is 6.18 Å². The summed E-state index contributed by atoms with van der Waals surface area (Å²) in [5, 5.41) is 0.344. The molecule has 2 aromatic rings. The van der Waals surface area contributed by atoms with Crippen LogP contribution in [0.3, 0.4) is 0 Å². The summed E-state index contributed by atoms with van der Waals surface area (Å²) in [6, 6.07) is 5.71. The maximum atomic E-state index is 13.2. The number of hydrogen-bond donors (Lipinski definition) is 0. The lowest BCUT2D eigenvalue weighted by Crippen LogP contribution is -2.49. The lowest BCUT2D eigenvalue weighted by Gasteiger charge is -2.36. The number of halogens is 5. The number of benzene rings is 1. The quantitative estimate of drug-likeness (QED) is 0.640. The first-order valence-corrected chi connectivity index (χ1v) is 10.8. The first kappa shape index (κ1) is 22.7. The average molecular weight is 487 g/mol. The Labute approximate surface area is 192 Å². The van der Waals surface area contributed by atoms with E-state index in [4.69, 9.17) is 23.2 Å². The fraction of sp³-hybridized carbons (Fsp3) is 0.381.